The minimum Gasteiger partial charge on any atom is -0.467 e. The second kappa shape index (κ2) is 8.92. The maximum Gasteiger partial charge on any atom is 0.233 e. The van der Waals surface area contributed by atoms with Crippen LogP contribution in [0.2, 0.25) is 5.02 Å². The van der Waals surface area contributed by atoms with Crippen molar-refractivity contribution in [2.75, 3.05) is 0 Å². The molecule has 0 saturated carbocycles. The third kappa shape index (κ3) is 4.81. The van der Waals surface area contributed by atoms with Crippen LogP contribution in [0.25, 0.3) is 11.4 Å². The van der Waals surface area contributed by atoms with Gasteiger partial charge < -0.3 is 9.73 Å². The van der Waals surface area contributed by atoms with Crippen molar-refractivity contribution in [3.63, 3.8) is 0 Å². The second-order valence-corrected chi connectivity index (χ2v) is 7.51. The molecule has 0 radical (unpaired) electrons. The Kier molecular flexibility index (Phi) is 6.36. The largest absolute Gasteiger partial charge is 0.467 e. The van der Waals surface area contributed by atoms with Gasteiger partial charge in [0.2, 0.25) is 5.91 Å². The van der Waals surface area contributed by atoms with Gasteiger partial charge in [-0.3, -0.25) is 9.36 Å². The number of rotatable bonds is 8. The number of hydrogen-bond acceptors (Lipinski definition) is 5. The van der Waals surface area contributed by atoms with Gasteiger partial charge in [-0.2, -0.15) is 0 Å². The van der Waals surface area contributed by atoms with E-state index in [4.69, 9.17) is 16.0 Å². The van der Waals surface area contributed by atoms with E-state index in [2.05, 4.69) is 22.1 Å². The van der Waals surface area contributed by atoms with Crippen molar-refractivity contribution in [2.24, 2.45) is 0 Å². The third-order valence-corrected chi connectivity index (χ3v) is 5.13. The lowest BCUT2D eigenvalue weighted by atomic mass is 10.2. The fourth-order valence-electron chi connectivity index (χ4n) is 2.42. The van der Waals surface area contributed by atoms with Crippen molar-refractivity contribution < 1.29 is 9.21 Å². The maximum absolute atomic E-state index is 12.4. The molecule has 0 spiro atoms. The highest BCUT2D eigenvalue weighted by atomic mass is 35.5. The predicted molar refractivity (Wildman–Crippen MR) is 107 cm³/mol. The first kappa shape index (κ1) is 19.3. The SMILES string of the molecule is C=CCn1c(S[C@@H](C)C(=O)NCc2ccco2)nnc1-c1ccc(Cl)cc1. The van der Waals surface area contributed by atoms with Crippen molar-refractivity contribution in [3.05, 3.63) is 66.1 Å². The summed E-state index contributed by atoms with van der Waals surface area (Å²) in [5, 5.41) is 12.4. The fraction of sp³-hybridized carbons (Fsp3) is 0.211. The number of nitrogens with one attached hydrogen (secondary N) is 1. The second-order valence-electron chi connectivity index (χ2n) is 5.77. The molecule has 0 aliphatic heterocycles. The summed E-state index contributed by atoms with van der Waals surface area (Å²) in [7, 11) is 0. The van der Waals surface area contributed by atoms with E-state index in [1.165, 1.54) is 11.8 Å². The van der Waals surface area contributed by atoms with Crippen molar-refractivity contribution in [1.29, 1.82) is 0 Å². The van der Waals surface area contributed by atoms with Crippen LogP contribution in [0, 0.1) is 0 Å². The fourth-order valence-corrected chi connectivity index (χ4v) is 3.43. The van der Waals surface area contributed by atoms with Gasteiger partial charge in [0, 0.05) is 17.1 Å². The quantitative estimate of drug-likeness (QED) is 0.452. The van der Waals surface area contributed by atoms with E-state index in [1.54, 1.807) is 30.5 Å². The normalized spacial score (nSPS) is 11.9. The minimum absolute atomic E-state index is 0.0994. The summed E-state index contributed by atoms with van der Waals surface area (Å²) in [5.74, 6) is 1.32. The summed E-state index contributed by atoms with van der Waals surface area (Å²) in [6.45, 7) is 6.52. The summed E-state index contributed by atoms with van der Waals surface area (Å²) in [6.07, 6.45) is 3.35. The number of halogens is 1. The molecule has 1 aromatic carbocycles. The summed E-state index contributed by atoms with van der Waals surface area (Å²) >= 11 is 7.31. The number of furan rings is 1. The molecule has 0 bridgehead atoms. The lowest BCUT2D eigenvalue weighted by Crippen LogP contribution is -2.30. The van der Waals surface area contributed by atoms with E-state index < -0.39 is 0 Å². The molecule has 0 aliphatic carbocycles. The van der Waals surface area contributed by atoms with Crippen LogP contribution in [0.1, 0.15) is 12.7 Å². The summed E-state index contributed by atoms with van der Waals surface area (Å²) in [6, 6.07) is 11.0. The molecule has 2 aromatic heterocycles. The standard InChI is InChI=1S/C19H19ClN4O2S/c1-3-10-24-17(14-6-8-15(20)9-7-14)22-23-19(24)27-13(2)18(25)21-12-16-5-4-11-26-16/h3-9,11,13H,1,10,12H2,2H3,(H,21,25)/t13-/m0/s1. The highest BCUT2D eigenvalue weighted by molar-refractivity contribution is 8.00. The van der Waals surface area contributed by atoms with Crippen LogP contribution in [-0.4, -0.2) is 25.9 Å². The van der Waals surface area contributed by atoms with Crippen molar-refractivity contribution in [2.45, 2.75) is 30.4 Å². The number of amides is 1. The molecule has 1 atom stereocenters. The van der Waals surface area contributed by atoms with Gasteiger partial charge in [0.25, 0.3) is 0 Å². The van der Waals surface area contributed by atoms with E-state index in [1.807, 2.05) is 29.7 Å². The molecule has 140 valence electrons. The van der Waals surface area contributed by atoms with Gasteiger partial charge in [-0.05, 0) is 43.3 Å². The molecule has 3 rings (SSSR count). The van der Waals surface area contributed by atoms with Crippen LogP contribution in [0.15, 0.2) is 64.9 Å². The van der Waals surface area contributed by atoms with Gasteiger partial charge in [0.05, 0.1) is 18.1 Å². The molecular formula is C19H19ClN4O2S. The molecule has 0 saturated heterocycles. The number of carbonyl (C=O) groups excluding carboxylic acids is 1. The lowest BCUT2D eigenvalue weighted by molar-refractivity contribution is -0.120. The Morgan fingerprint density at radius 1 is 1.37 bits per heavy atom. The molecule has 3 aromatic rings. The number of aromatic nitrogens is 3. The average Bonchev–Trinajstić information content (AvgIpc) is 3.31. The molecule has 0 fully saturated rings. The molecule has 6 nitrogen and oxygen atoms in total. The Labute approximate surface area is 166 Å². The number of hydrogen-bond donors (Lipinski definition) is 1. The highest BCUT2D eigenvalue weighted by Crippen LogP contribution is 2.27. The number of benzene rings is 1. The molecule has 2 heterocycles. The van der Waals surface area contributed by atoms with E-state index in [-0.39, 0.29) is 11.2 Å². The third-order valence-electron chi connectivity index (χ3n) is 3.80. The van der Waals surface area contributed by atoms with Crippen molar-refractivity contribution >= 4 is 29.3 Å². The lowest BCUT2D eigenvalue weighted by Gasteiger charge is -2.12. The molecular weight excluding hydrogens is 384 g/mol. The summed E-state index contributed by atoms with van der Waals surface area (Å²) in [4.78, 5) is 12.4. The number of thioether (sulfide) groups is 1. The smallest absolute Gasteiger partial charge is 0.233 e. The van der Waals surface area contributed by atoms with Crippen molar-refractivity contribution in [3.8, 4) is 11.4 Å². The average molecular weight is 403 g/mol. The van der Waals surface area contributed by atoms with Crippen molar-refractivity contribution in [1.82, 2.24) is 20.1 Å². The van der Waals surface area contributed by atoms with E-state index in [0.717, 1.165) is 5.56 Å². The van der Waals surface area contributed by atoms with Gasteiger partial charge in [0.1, 0.15) is 5.76 Å². The Hall–Kier alpha value is -2.51. The first-order valence-electron chi connectivity index (χ1n) is 8.35. The summed E-state index contributed by atoms with van der Waals surface area (Å²) in [5.41, 5.74) is 0.899. The molecule has 0 aliphatic rings. The number of carbonyl (C=O) groups is 1. The zero-order valence-corrected chi connectivity index (χ0v) is 16.3. The highest BCUT2D eigenvalue weighted by Gasteiger charge is 2.20. The monoisotopic (exact) mass is 402 g/mol. The molecule has 0 unspecified atom stereocenters. The molecule has 8 heteroatoms. The van der Waals surface area contributed by atoms with E-state index in [9.17, 15) is 4.79 Å². The van der Waals surface area contributed by atoms with Gasteiger partial charge >= 0.3 is 0 Å². The molecule has 1 amide bonds. The van der Waals surface area contributed by atoms with E-state index in [0.29, 0.717) is 34.9 Å². The van der Waals surface area contributed by atoms with Crippen LogP contribution >= 0.6 is 23.4 Å². The van der Waals surface area contributed by atoms with Gasteiger partial charge in [-0.1, -0.05) is 29.4 Å². The van der Waals surface area contributed by atoms with Crippen LogP contribution in [0.3, 0.4) is 0 Å². The van der Waals surface area contributed by atoms with Crippen LogP contribution < -0.4 is 5.32 Å². The topological polar surface area (TPSA) is 73.0 Å². The minimum atomic E-state index is -0.342. The predicted octanol–water partition coefficient (Wildman–Crippen LogP) is 4.17. The Morgan fingerprint density at radius 2 is 2.15 bits per heavy atom. The Bertz CT molecular complexity index is 906. The molecule has 1 N–H and O–H groups in total. The summed E-state index contributed by atoms with van der Waals surface area (Å²) < 4.78 is 7.15. The van der Waals surface area contributed by atoms with Gasteiger partial charge in [0.15, 0.2) is 11.0 Å². The van der Waals surface area contributed by atoms with E-state index >= 15 is 0 Å². The first-order chi connectivity index (χ1) is 13.1. The maximum atomic E-state index is 12.4. The van der Waals surface area contributed by atoms with Crippen LogP contribution in [0.4, 0.5) is 0 Å². The number of nitrogens with zero attached hydrogens (tertiary/aromatic N) is 3. The van der Waals surface area contributed by atoms with Crippen LogP contribution in [0.5, 0.6) is 0 Å². The Morgan fingerprint density at radius 3 is 2.81 bits per heavy atom. The van der Waals surface area contributed by atoms with Gasteiger partial charge in [-0.25, -0.2) is 0 Å². The first-order valence-corrected chi connectivity index (χ1v) is 9.61. The zero-order chi connectivity index (χ0) is 19.2. The number of allylic oxidation sites excluding steroid dienone is 1. The van der Waals surface area contributed by atoms with Crippen LogP contribution in [-0.2, 0) is 17.9 Å². The van der Waals surface area contributed by atoms with Gasteiger partial charge in [-0.15, -0.1) is 16.8 Å². The zero-order valence-electron chi connectivity index (χ0n) is 14.8. The molecule has 27 heavy (non-hydrogen) atoms. The Balaban J connectivity index is 1.72.